The van der Waals surface area contributed by atoms with E-state index in [2.05, 4.69) is 10.4 Å². The van der Waals surface area contributed by atoms with E-state index in [1.807, 2.05) is 0 Å². The predicted octanol–water partition coefficient (Wildman–Crippen LogP) is 3.09. The highest BCUT2D eigenvalue weighted by Gasteiger charge is 2.41. The standard InChI is InChI=1S/C13H12F5N3/c1-21-7-9(6-20-21)12(13(16,17)18)19-5-8-2-10(14)4-11(15)3-8/h2-4,6-7,12,19H,5H2,1H3/t12-/m1/s1. The summed E-state index contributed by atoms with van der Waals surface area (Å²) in [4.78, 5) is 0. The van der Waals surface area contributed by atoms with Gasteiger partial charge in [0.25, 0.3) is 0 Å². The van der Waals surface area contributed by atoms with Crippen LogP contribution in [0, 0.1) is 11.6 Å². The molecule has 1 heterocycles. The smallest absolute Gasteiger partial charge is 0.298 e. The van der Waals surface area contributed by atoms with Crippen LogP contribution in [-0.2, 0) is 13.6 Å². The maximum Gasteiger partial charge on any atom is 0.408 e. The number of hydrogen-bond donors (Lipinski definition) is 1. The molecular formula is C13H12F5N3. The van der Waals surface area contributed by atoms with Crippen molar-refractivity contribution in [3.63, 3.8) is 0 Å². The van der Waals surface area contributed by atoms with Crippen molar-refractivity contribution in [1.82, 2.24) is 15.1 Å². The first-order chi connectivity index (χ1) is 9.75. The molecule has 114 valence electrons. The molecule has 2 aromatic rings. The Morgan fingerprint density at radius 2 is 1.81 bits per heavy atom. The molecule has 0 saturated heterocycles. The lowest BCUT2D eigenvalue weighted by Crippen LogP contribution is -2.33. The molecule has 1 aromatic carbocycles. The van der Waals surface area contributed by atoms with Gasteiger partial charge < -0.3 is 0 Å². The quantitative estimate of drug-likeness (QED) is 0.880. The fourth-order valence-corrected chi connectivity index (χ4v) is 1.94. The van der Waals surface area contributed by atoms with E-state index in [1.165, 1.54) is 17.9 Å². The van der Waals surface area contributed by atoms with Gasteiger partial charge in [-0.1, -0.05) is 0 Å². The molecule has 1 atom stereocenters. The molecule has 21 heavy (non-hydrogen) atoms. The topological polar surface area (TPSA) is 29.9 Å². The molecule has 0 radical (unpaired) electrons. The molecule has 0 saturated carbocycles. The summed E-state index contributed by atoms with van der Waals surface area (Å²) in [6, 6.07) is 0.656. The van der Waals surface area contributed by atoms with Crippen molar-refractivity contribution in [1.29, 1.82) is 0 Å². The van der Waals surface area contributed by atoms with Gasteiger partial charge in [-0.2, -0.15) is 18.3 Å². The van der Waals surface area contributed by atoms with Gasteiger partial charge in [0.05, 0.1) is 6.20 Å². The number of aromatic nitrogens is 2. The monoisotopic (exact) mass is 305 g/mol. The number of hydrogen-bond acceptors (Lipinski definition) is 2. The Morgan fingerprint density at radius 3 is 2.29 bits per heavy atom. The van der Waals surface area contributed by atoms with Crippen molar-refractivity contribution in [3.8, 4) is 0 Å². The number of rotatable bonds is 4. The Hall–Kier alpha value is -1.96. The summed E-state index contributed by atoms with van der Waals surface area (Å²) >= 11 is 0. The van der Waals surface area contributed by atoms with Crippen LogP contribution < -0.4 is 5.32 Å². The van der Waals surface area contributed by atoms with Gasteiger partial charge in [0.1, 0.15) is 17.7 Å². The van der Waals surface area contributed by atoms with Crippen LogP contribution in [0.4, 0.5) is 22.0 Å². The van der Waals surface area contributed by atoms with Crippen LogP contribution >= 0.6 is 0 Å². The zero-order valence-corrected chi connectivity index (χ0v) is 11.0. The van der Waals surface area contributed by atoms with E-state index in [0.29, 0.717) is 6.07 Å². The first-order valence-electron chi connectivity index (χ1n) is 5.99. The number of nitrogens with one attached hydrogen (secondary N) is 1. The lowest BCUT2D eigenvalue weighted by Gasteiger charge is -2.20. The van der Waals surface area contributed by atoms with E-state index in [1.54, 1.807) is 0 Å². The van der Waals surface area contributed by atoms with Gasteiger partial charge >= 0.3 is 6.18 Å². The highest BCUT2D eigenvalue weighted by atomic mass is 19.4. The molecule has 0 aliphatic heterocycles. The van der Waals surface area contributed by atoms with E-state index < -0.39 is 23.9 Å². The number of aryl methyl sites for hydroxylation is 1. The van der Waals surface area contributed by atoms with Gasteiger partial charge in [-0.15, -0.1) is 0 Å². The molecule has 1 N–H and O–H groups in total. The van der Waals surface area contributed by atoms with Gasteiger partial charge in [0.2, 0.25) is 0 Å². The molecule has 0 spiro atoms. The maximum atomic E-state index is 13.0. The van der Waals surface area contributed by atoms with Gasteiger partial charge in [-0.05, 0) is 17.7 Å². The van der Waals surface area contributed by atoms with Gasteiger partial charge in [0, 0.05) is 31.4 Å². The first-order valence-corrected chi connectivity index (χ1v) is 5.99. The summed E-state index contributed by atoms with van der Waals surface area (Å²) in [6.45, 7) is -0.326. The Balaban J connectivity index is 2.16. The van der Waals surface area contributed by atoms with E-state index >= 15 is 0 Å². The Kier molecular flexibility index (Phi) is 4.26. The highest BCUT2D eigenvalue weighted by molar-refractivity contribution is 5.19. The summed E-state index contributed by atoms with van der Waals surface area (Å²) in [5.41, 5.74) is 0.0208. The third-order valence-corrected chi connectivity index (χ3v) is 2.82. The summed E-state index contributed by atoms with van der Waals surface area (Å²) < 4.78 is 66.4. The predicted molar refractivity (Wildman–Crippen MR) is 65.2 cm³/mol. The summed E-state index contributed by atoms with van der Waals surface area (Å²) in [5.74, 6) is -1.67. The molecule has 0 aliphatic rings. The molecule has 3 nitrogen and oxygen atoms in total. The van der Waals surface area contributed by atoms with Crippen molar-refractivity contribution in [2.45, 2.75) is 18.8 Å². The molecule has 0 aliphatic carbocycles. The fourth-order valence-electron chi connectivity index (χ4n) is 1.94. The van der Waals surface area contributed by atoms with E-state index in [0.717, 1.165) is 18.3 Å². The zero-order chi connectivity index (χ0) is 15.6. The van der Waals surface area contributed by atoms with Crippen molar-refractivity contribution in [3.05, 3.63) is 53.4 Å². The SMILES string of the molecule is Cn1cc([C@@H](NCc2cc(F)cc(F)c2)C(F)(F)F)cn1. The fraction of sp³-hybridized carbons (Fsp3) is 0.308. The second kappa shape index (κ2) is 5.80. The van der Waals surface area contributed by atoms with Gasteiger partial charge in [0.15, 0.2) is 0 Å². The normalized spacial score (nSPS) is 13.4. The number of halogens is 5. The number of benzene rings is 1. The van der Waals surface area contributed by atoms with Crippen molar-refractivity contribution < 1.29 is 22.0 Å². The molecule has 1 aromatic heterocycles. The molecule has 8 heteroatoms. The minimum absolute atomic E-state index is 0.0677. The Labute approximate surface area is 117 Å². The average Bonchev–Trinajstić information content (AvgIpc) is 2.72. The second-order valence-corrected chi connectivity index (χ2v) is 4.58. The van der Waals surface area contributed by atoms with Crippen LogP contribution in [0.2, 0.25) is 0 Å². The lowest BCUT2D eigenvalue weighted by molar-refractivity contribution is -0.158. The van der Waals surface area contributed by atoms with Gasteiger partial charge in [-0.3, -0.25) is 10.00 Å². The molecule has 0 fully saturated rings. The highest BCUT2D eigenvalue weighted by Crippen LogP contribution is 2.32. The molecule has 0 unspecified atom stereocenters. The van der Waals surface area contributed by atoms with Crippen LogP contribution in [-0.4, -0.2) is 16.0 Å². The summed E-state index contributed by atoms with van der Waals surface area (Å²) in [5, 5.41) is 5.94. The van der Waals surface area contributed by atoms with Crippen LogP contribution in [0.15, 0.2) is 30.6 Å². The largest absolute Gasteiger partial charge is 0.408 e. The number of nitrogens with zero attached hydrogens (tertiary/aromatic N) is 2. The molecule has 0 bridgehead atoms. The van der Waals surface area contributed by atoms with Crippen LogP contribution in [0.25, 0.3) is 0 Å². The van der Waals surface area contributed by atoms with Gasteiger partial charge in [-0.25, -0.2) is 8.78 Å². The van der Waals surface area contributed by atoms with E-state index in [4.69, 9.17) is 0 Å². The summed E-state index contributed by atoms with van der Waals surface area (Å²) in [7, 11) is 1.50. The average molecular weight is 305 g/mol. The minimum Gasteiger partial charge on any atom is -0.298 e. The van der Waals surface area contributed by atoms with E-state index in [9.17, 15) is 22.0 Å². The Bertz CT molecular complexity index is 600. The van der Waals surface area contributed by atoms with Crippen molar-refractivity contribution >= 4 is 0 Å². The van der Waals surface area contributed by atoms with Crippen LogP contribution in [0.3, 0.4) is 0 Å². The molecular weight excluding hydrogens is 293 g/mol. The minimum atomic E-state index is -4.55. The Morgan fingerprint density at radius 1 is 1.19 bits per heavy atom. The maximum absolute atomic E-state index is 13.0. The number of alkyl halides is 3. The van der Waals surface area contributed by atoms with E-state index in [-0.39, 0.29) is 17.7 Å². The molecule has 0 amide bonds. The van der Waals surface area contributed by atoms with Crippen LogP contribution in [0.5, 0.6) is 0 Å². The van der Waals surface area contributed by atoms with Crippen molar-refractivity contribution in [2.24, 2.45) is 7.05 Å². The zero-order valence-electron chi connectivity index (χ0n) is 11.0. The summed E-state index contributed by atoms with van der Waals surface area (Å²) in [6.07, 6.45) is -2.22. The lowest BCUT2D eigenvalue weighted by atomic mass is 10.1. The van der Waals surface area contributed by atoms with Crippen molar-refractivity contribution in [2.75, 3.05) is 0 Å². The second-order valence-electron chi connectivity index (χ2n) is 4.58. The third-order valence-electron chi connectivity index (χ3n) is 2.82. The third kappa shape index (κ3) is 4.01. The molecule has 2 rings (SSSR count). The van der Waals surface area contributed by atoms with Crippen LogP contribution in [0.1, 0.15) is 17.2 Å². The first kappa shape index (κ1) is 15.4.